The number of aromatic nitrogens is 4. The molecular weight excluding hydrogens is 402 g/mol. The van der Waals surface area contributed by atoms with Gasteiger partial charge in [0.05, 0.1) is 11.9 Å². The van der Waals surface area contributed by atoms with E-state index in [-0.39, 0.29) is 5.91 Å². The third kappa shape index (κ3) is 3.69. The third-order valence-electron chi connectivity index (χ3n) is 5.93. The van der Waals surface area contributed by atoms with E-state index in [0.717, 1.165) is 36.7 Å². The Morgan fingerprint density at radius 3 is 2.50 bits per heavy atom. The van der Waals surface area contributed by atoms with Crippen molar-refractivity contribution in [2.24, 2.45) is 0 Å². The first-order valence-electron chi connectivity index (χ1n) is 10.7. The van der Waals surface area contributed by atoms with E-state index >= 15 is 0 Å². The van der Waals surface area contributed by atoms with Gasteiger partial charge in [-0.05, 0) is 63.0 Å². The lowest BCUT2D eigenvalue weighted by molar-refractivity contribution is 0.0783. The predicted molar refractivity (Wildman–Crippen MR) is 123 cm³/mol. The molecule has 3 aromatic heterocycles. The number of nitrogens with zero attached hydrogens (tertiary/aromatic N) is 7. The molecule has 0 bridgehead atoms. The smallest absolute Gasteiger partial charge is 0.253 e. The van der Waals surface area contributed by atoms with E-state index in [1.54, 1.807) is 24.7 Å². The van der Waals surface area contributed by atoms with Crippen LogP contribution in [-0.2, 0) is 0 Å². The second-order valence-corrected chi connectivity index (χ2v) is 8.13. The van der Waals surface area contributed by atoms with Gasteiger partial charge in [0.2, 0.25) is 5.95 Å². The first-order chi connectivity index (χ1) is 15.6. The molecule has 1 saturated heterocycles. The average molecular weight is 428 g/mol. The van der Waals surface area contributed by atoms with Crippen LogP contribution in [0.4, 0.5) is 17.5 Å². The standard InChI is InChI=1S/C24H25N7O/c1-28(2)20-11-15-29(17-20)23(32)18-7-9-19(10-8-18)31(24-25-12-5-13-26-24)22-16-27-21-6-3-4-14-30(21)22/h3-10,12-14,16,20H,11,15,17H2,1-2H3. The largest absolute Gasteiger partial charge is 0.337 e. The van der Waals surface area contributed by atoms with Crippen LogP contribution >= 0.6 is 0 Å². The fourth-order valence-electron chi connectivity index (χ4n) is 4.12. The van der Waals surface area contributed by atoms with Gasteiger partial charge >= 0.3 is 0 Å². The second kappa shape index (κ2) is 8.39. The van der Waals surface area contributed by atoms with Gasteiger partial charge in [0.1, 0.15) is 11.5 Å². The molecule has 5 rings (SSSR count). The molecule has 1 atom stereocenters. The quantitative estimate of drug-likeness (QED) is 0.486. The van der Waals surface area contributed by atoms with Gasteiger partial charge in [-0.1, -0.05) is 6.07 Å². The first-order valence-corrected chi connectivity index (χ1v) is 10.7. The van der Waals surface area contributed by atoms with Crippen LogP contribution in [0.5, 0.6) is 0 Å². The summed E-state index contributed by atoms with van der Waals surface area (Å²) >= 11 is 0. The molecule has 0 N–H and O–H groups in total. The van der Waals surface area contributed by atoms with Gasteiger partial charge < -0.3 is 9.80 Å². The summed E-state index contributed by atoms with van der Waals surface area (Å²) in [7, 11) is 4.13. The Morgan fingerprint density at radius 1 is 1.00 bits per heavy atom. The molecule has 1 unspecified atom stereocenters. The molecule has 162 valence electrons. The number of anilines is 3. The van der Waals surface area contributed by atoms with Crippen LogP contribution in [0, 0.1) is 0 Å². The number of rotatable bonds is 5. The Kier molecular flexibility index (Phi) is 5.28. The van der Waals surface area contributed by atoms with Crippen molar-refractivity contribution in [3.63, 3.8) is 0 Å². The second-order valence-electron chi connectivity index (χ2n) is 8.13. The third-order valence-corrected chi connectivity index (χ3v) is 5.93. The van der Waals surface area contributed by atoms with E-state index in [9.17, 15) is 4.79 Å². The Bertz CT molecular complexity index is 1220. The zero-order chi connectivity index (χ0) is 22.1. The summed E-state index contributed by atoms with van der Waals surface area (Å²) in [6.07, 6.45) is 8.19. The highest BCUT2D eigenvalue weighted by atomic mass is 16.2. The lowest BCUT2D eigenvalue weighted by Gasteiger charge is -2.23. The van der Waals surface area contributed by atoms with E-state index < -0.39 is 0 Å². The number of imidazole rings is 1. The van der Waals surface area contributed by atoms with Crippen LogP contribution in [0.3, 0.4) is 0 Å². The van der Waals surface area contributed by atoms with Gasteiger partial charge in [-0.15, -0.1) is 0 Å². The number of carbonyl (C=O) groups is 1. The van der Waals surface area contributed by atoms with Crippen LogP contribution in [0.15, 0.2) is 73.3 Å². The molecule has 1 amide bonds. The van der Waals surface area contributed by atoms with Gasteiger partial charge in [0.25, 0.3) is 5.91 Å². The summed E-state index contributed by atoms with van der Waals surface area (Å²) in [6, 6.07) is 15.7. The van der Waals surface area contributed by atoms with E-state index in [0.29, 0.717) is 17.6 Å². The molecule has 1 fully saturated rings. The van der Waals surface area contributed by atoms with Crippen molar-refractivity contribution in [3.8, 4) is 0 Å². The summed E-state index contributed by atoms with van der Waals surface area (Å²) in [5.74, 6) is 1.42. The Labute approximate surface area is 186 Å². The molecular formula is C24H25N7O. The fraction of sp³-hybridized carbons (Fsp3) is 0.250. The van der Waals surface area contributed by atoms with Crippen LogP contribution in [0.1, 0.15) is 16.8 Å². The maximum Gasteiger partial charge on any atom is 0.253 e. The summed E-state index contributed by atoms with van der Waals surface area (Å²) < 4.78 is 1.99. The maximum absolute atomic E-state index is 13.0. The SMILES string of the molecule is CN(C)C1CCN(C(=O)c2ccc(N(c3ncccn3)c3cnc4ccccn34)cc2)C1. The predicted octanol–water partition coefficient (Wildman–Crippen LogP) is 3.37. The number of hydrogen-bond acceptors (Lipinski definition) is 6. The summed E-state index contributed by atoms with van der Waals surface area (Å²) in [4.78, 5) is 32.5. The summed E-state index contributed by atoms with van der Waals surface area (Å²) in [6.45, 7) is 1.55. The maximum atomic E-state index is 13.0. The lowest BCUT2D eigenvalue weighted by Crippen LogP contribution is -2.34. The number of benzene rings is 1. The zero-order valence-electron chi connectivity index (χ0n) is 18.2. The van der Waals surface area contributed by atoms with Gasteiger partial charge in [-0.2, -0.15) is 0 Å². The molecule has 1 aliphatic heterocycles. The van der Waals surface area contributed by atoms with Crippen LogP contribution in [0.2, 0.25) is 0 Å². The van der Waals surface area contributed by atoms with E-state index in [4.69, 9.17) is 0 Å². The molecule has 0 spiro atoms. The minimum absolute atomic E-state index is 0.0678. The number of fused-ring (bicyclic) bond motifs is 1. The van der Waals surface area contributed by atoms with Crippen LogP contribution in [-0.4, -0.2) is 68.3 Å². The molecule has 4 heterocycles. The number of likely N-dealkylation sites (tertiary alicyclic amines) is 1. The molecule has 0 radical (unpaired) electrons. The Balaban J connectivity index is 1.47. The number of carbonyl (C=O) groups excluding carboxylic acids is 1. The van der Waals surface area contributed by atoms with E-state index in [2.05, 4.69) is 33.9 Å². The average Bonchev–Trinajstić information content (AvgIpc) is 3.49. The molecule has 0 saturated carbocycles. The Hall–Kier alpha value is -3.78. The highest BCUT2D eigenvalue weighted by molar-refractivity contribution is 5.95. The van der Waals surface area contributed by atoms with Crippen molar-refractivity contribution in [3.05, 3.63) is 78.9 Å². The van der Waals surface area contributed by atoms with Crippen molar-refractivity contribution in [2.45, 2.75) is 12.5 Å². The summed E-state index contributed by atoms with van der Waals surface area (Å²) in [5, 5.41) is 0. The number of pyridine rings is 1. The van der Waals surface area contributed by atoms with Crippen molar-refractivity contribution >= 4 is 29.0 Å². The molecule has 8 nitrogen and oxygen atoms in total. The topological polar surface area (TPSA) is 69.9 Å². The van der Waals surface area contributed by atoms with Crippen molar-refractivity contribution in [1.29, 1.82) is 0 Å². The molecule has 0 aliphatic carbocycles. The molecule has 4 aromatic rings. The van der Waals surface area contributed by atoms with Crippen molar-refractivity contribution < 1.29 is 4.79 Å². The molecule has 32 heavy (non-hydrogen) atoms. The molecule has 8 heteroatoms. The normalized spacial score (nSPS) is 16.1. The van der Waals surface area contributed by atoms with Gasteiger partial charge in [-0.25, -0.2) is 15.0 Å². The minimum Gasteiger partial charge on any atom is -0.337 e. The first kappa shape index (κ1) is 20.1. The van der Waals surface area contributed by atoms with E-state index in [1.165, 1.54) is 0 Å². The minimum atomic E-state index is 0.0678. The highest BCUT2D eigenvalue weighted by Crippen LogP contribution is 2.32. The molecule has 1 aromatic carbocycles. The van der Waals surface area contributed by atoms with Crippen LogP contribution in [0.25, 0.3) is 5.65 Å². The van der Waals surface area contributed by atoms with Crippen LogP contribution < -0.4 is 4.90 Å². The fourth-order valence-corrected chi connectivity index (χ4v) is 4.12. The molecule has 1 aliphatic rings. The van der Waals surface area contributed by atoms with Gasteiger partial charge in [0, 0.05) is 43.3 Å². The van der Waals surface area contributed by atoms with Gasteiger partial charge in [-0.3, -0.25) is 14.1 Å². The number of likely N-dealkylation sites (N-methyl/N-ethyl adjacent to an activating group) is 1. The van der Waals surface area contributed by atoms with Crippen molar-refractivity contribution in [2.75, 3.05) is 32.1 Å². The van der Waals surface area contributed by atoms with E-state index in [1.807, 2.05) is 62.9 Å². The Morgan fingerprint density at radius 2 is 1.78 bits per heavy atom. The van der Waals surface area contributed by atoms with Crippen molar-refractivity contribution in [1.82, 2.24) is 29.2 Å². The highest BCUT2D eigenvalue weighted by Gasteiger charge is 2.28. The lowest BCUT2D eigenvalue weighted by atomic mass is 10.1. The number of hydrogen-bond donors (Lipinski definition) is 0. The monoisotopic (exact) mass is 427 g/mol. The number of amides is 1. The van der Waals surface area contributed by atoms with Gasteiger partial charge in [0.15, 0.2) is 0 Å². The summed E-state index contributed by atoms with van der Waals surface area (Å²) in [5.41, 5.74) is 2.37. The zero-order valence-corrected chi connectivity index (χ0v) is 18.2.